The number of hydrogen-bond donors (Lipinski definition) is 0. The van der Waals surface area contributed by atoms with Crippen molar-refractivity contribution in [1.29, 1.82) is 0 Å². The van der Waals surface area contributed by atoms with E-state index in [0.29, 0.717) is 30.8 Å². The van der Waals surface area contributed by atoms with Crippen LogP contribution in [0.3, 0.4) is 0 Å². The minimum atomic E-state index is 0. The molecule has 0 saturated carbocycles. The maximum absolute atomic E-state index is 12.7. The van der Waals surface area contributed by atoms with Crippen LogP contribution in [0.15, 0.2) is 72.8 Å². The van der Waals surface area contributed by atoms with Gasteiger partial charge >= 0.3 is 0 Å². The summed E-state index contributed by atoms with van der Waals surface area (Å²) in [5.41, 5.74) is 7.07. The number of carbonyl (C=O) groups excluding carboxylic acids is 2. The van der Waals surface area contributed by atoms with Crippen LogP contribution < -0.4 is 28.4 Å². The Morgan fingerprint density at radius 1 is 0.782 bits per heavy atom. The molecule has 10 heteroatoms. The van der Waals surface area contributed by atoms with Gasteiger partial charge < -0.3 is 33.2 Å². The predicted molar refractivity (Wildman–Crippen MR) is 214 cm³/mol. The summed E-state index contributed by atoms with van der Waals surface area (Å²) in [7, 11) is 7.45. The molecule has 0 radical (unpaired) electrons. The quantitative estimate of drug-likeness (QED) is 0.153. The molecule has 0 aliphatic carbocycles. The van der Waals surface area contributed by atoms with Crippen LogP contribution in [0.5, 0.6) is 34.5 Å². The Bertz CT molecular complexity index is 1960. The van der Waals surface area contributed by atoms with E-state index in [2.05, 4.69) is 54.1 Å². The third-order valence-electron chi connectivity index (χ3n) is 10.1. The number of Topliss-reactive ketones (excluding diaryl/α,β-unsaturated/α-hetero) is 2. The Labute approximate surface area is 325 Å². The smallest absolute Gasteiger partial charge is 0.231 e. The minimum Gasteiger partial charge on any atom is -0.492 e. The van der Waals surface area contributed by atoms with Crippen molar-refractivity contribution in [3.8, 4) is 34.5 Å². The zero-order valence-electron chi connectivity index (χ0n) is 32.0. The first-order valence-corrected chi connectivity index (χ1v) is 18.6. The molecule has 1 unspecified atom stereocenters. The molecular weight excluding hydrogens is 697 g/mol. The van der Waals surface area contributed by atoms with E-state index in [0.717, 1.165) is 72.9 Å². The summed E-state index contributed by atoms with van der Waals surface area (Å²) in [5, 5.41) is 0. The summed E-state index contributed by atoms with van der Waals surface area (Å²) in [6.07, 6.45) is 7.35. The molecule has 4 aliphatic rings. The Morgan fingerprint density at radius 3 is 1.93 bits per heavy atom. The van der Waals surface area contributed by atoms with Gasteiger partial charge in [0.15, 0.2) is 29.2 Å². The van der Waals surface area contributed by atoms with Gasteiger partial charge in [0.1, 0.15) is 25.2 Å². The highest BCUT2D eigenvalue weighted by Gasteiger charge is 2.35. The highest BCUT2D eigenvalue weighted by atomic mass is 16.7. The molecule has 10 nitrogen and oxygen atoms in total. The van der Waals surface area contributed by atoms with E-state index in [1.807, 2.05) is 48.5 Å². The zero-order chi connectivity index (χ0) is 38.0. The molecule has 4 heterocycles. The number of benzene rings is 4. The molecule has 8 rings (SSSR count). The fourth-order valence-corrected chi connectivity index (χ4v) is 7.20. The summed E-state index contributed by atoms with van der Waals surface area (Å²) in [6.45, 7) is 4.06. The van der Waals surface area contributed by atoms with Crippen LogP contribution in [0.1, 0.15) is 73.0 Å². The maximum atomic E-state index is 12.7. The monoisotopic (exact) mass is 751 g/mol. The first-order valence-electron chi connectivity index (χ1n) is 18.6. The van der Waals surface area contributed by atoms with E-state index >= 15 is 0 Å². The van der Waals surface area contributed by atoms with Crippen LogP contribution in [0.4, 0.5) is 0 Å². The van der Waals surface area contributed by atoms with Gasteiger partial charge in [0.05, 0.1) is 19.8 Å². The van der Waals surface area contributed by atoms with Gasteiger partial charge in [-0.2, -0.15) is 0 Å². The van der Waals surface area contributed by atoms with Crippen LogP contribution in [0, 0.1) is 0 Å². The number of nitrogens with zero attached hydrogens (tertiary/aromatic N) is 2. The molecule has 0 saturated heterocycles. The fraction of sp³-hybridized carbons (Fsp3) is 0.400. The van der Waals surface area contributed by atoms with Crippen molar-refractivity contribution in [1.82, 2.24) is 4.90 Å². The topological polar surface area (TPSA) is 95.8 Å². The van der Waals surface area contributed by atoms with Gasteiger partial charge in [-0.15, -0.1) is 0 Å². The molecule has 292 valence electrons. The van der Waals surface area contributed by atoms with E-state index in [-0.39, 0.29) is 38.6 Å². The number of ketones is 2. The third-order valence-corrected chi connectivity index (χ3v) is 10.1. The lowest BCUT2D eigenvalue weighted by Crippen LogP contribution is -2.34. The van der Waals surface area contributed by atoms with Gasteiger partial charge in [-0.3, -0.25) is 9.69 Å². The molecule has 0 spiro atoms. The van der Waals surface area contributed by atoms with E-state index < -0.39 is 0 Å². The van der Waals surface area contributed by atoms with Crippen LogP contribution >= 0.6 is 0 Å². The second-order valence-corrected chi connectivity index (χ2v) is 14.0. The molecule has 0 amide bonds. The first kappa shape index (κ1) is 40.8. The number of rotatable bonds is 10. The number of carbonyl (C=O) groups is 2. The number of ether oxygens (including phenoxy) is 6. The number of methoxy groups -OCH3 is 2. The zero-order valence-corrected chi connectivity index (χ0v) is 32.0. The van der Waals surface area contributed by atoms with E-state index in [1.165, 1.54) is 22.3 Å². The van der Waals surface area contributed by atoms with Gasteiger partial charge in [-0.25, -0.2) is 4.58 Å². The van der Waals surface area contributed by atoms with Gasteiger partial charge in [0.25, 0.3) is 0 Å². The highest BCUT2D eigenvalue weighted by molar-refractivity contribution is 5.86. The molecular formula is C45H55N2O8+. The molecule has 55 heavy (non-hydrogen) atoms. The molecule has 4 aliphatic heterocycles. The van der Waals surface area contributed by atoms with Gasteiger partial charge in [0.2, 0.25) is 25.1 Å². The van der Waals surface area contributed by atoms with Crippen molar-refractivity contribution in [2.45, 2.75) is 65.3 Å². The normalized spacial score (nSPS) is 15.7. The van der Waals surface area contributed by atoms with Crippen LogP contribution in [-0.2, 0) is 35.3 Å². The Balaban J connectivity index is 0.000000175. The van der Waals surface area contributed by atoms with Gasteiger partial charge in [-0.05, 0) is 67.6 Å². The molecule has 0 N–H and O–H groups in total. The van der Waals surface area contributed by atoms with Crippen molar-refractivity contribution in [3.63, 3.8) is 0 Å². The SMILES string of the molecule is C.CC(=O)CCc1ccccc1.COc1c2c(cc3c1C(CC(=O)CCc1ccccc1)N(C)CC3)OCO2.COc1c2c(cc3c1OCO3)CC[N+](C)=C2. The number of fused-ring (bicyclic) bond motifs is 4. The second-order valence-electron chi connectivity index (χ2n) is 14.0. The molecule has 1 atom stereocenters. The lowest BCUT2D eigenvalue weighted by molar-refractivity contribution is -0.493. The van der Waals surface area contributed by atoms with E-state index in [1.54, 1.807) is 21.1 Å². The first-order chi connectivity index (χ1) is 26.2. The van der Waals surface area contributed by atoms with Crippen LogP contribution in [0.25, 0.3) is 0 Å². The molecule has 0 fully saturated rings. The fourth-order valence-electron chi connectivity index (χ4n) is 7.20. The average molecular weight is 752 g/mol. The van der Waals surface area contributed by atoms with Crippen molar-refractivity contribution in [2.75, 3.05) is 55.0 Å². The number of likely N-dealkylation sites (N-methyl/N-ethyl adjacent to an activating group) is 2. The summed E-state index contributed by atoms with van der Waals surface area (Å²) >= 11 is 0. The van der Waals surface area contributed by atoms with Crippen molar-refractivity contribution in [3.05, 3.63) is 106 Å². The molecule has 4 aromatic rings. The molecule has 0 bridgehead atoms. The lowest BCUT2D eigenvalue weighted by Gasteiger charge is -2.35. The van der Waals surface area contributed by atoms with E-state index in [9.17, 15) is 9.59 Å². The van der Waals surface area contributed by atoms with Gasteiger partial charge in [-0.1, -0.05) is 68.1 Å². The summed E-state index contributed by atoms with van der Waals surface area (Å²) in [4.78, 5) is 25.6. The third kappa shape index (κ3) is 10.0. The largest absolute Gasteiger partial charge is 0.492 e. The van der Waals surface area contributed by atoms with E-state index in [4.69, 9.17) is 28.4 Å². The Kier molecular flexibility index (Phi) is 14.3. The van der Waals surface area contributed by atoms with Crippen molar-refractivity contribution < 1.29 is 42.6 Å². The van der Waals surface area contributed by atoms with Crippen molar-refractivity contribution >= 4 is 17.8 Å². The second kappa shape index (κ2) is 19.3. The minimum absolute atomic E-state index is 0. The average Bonchev–Trinajstić information content (AvgIpc) is 3.87. The molecule has 4 aromatic carbocycles. The van der Waals surface area contributed by atoms with Crippen LogP contribution in [-0.4, -0.2) is 82.2 Å². The van der Waals surface area contributed by atoms with Gasteiger partial charge in [0, 0.05) is 43.8 Å². The van der Waals surface area contributed by atoms with Crippen molar-refractivity contribution in [2.24, 2.45) is 0 Å². The number of aryl methyl sites for hydroxylation is 2. The molecule has 0 aromatic heterocycles. The Morgan fingerprint density at radius 2 is 1.35 bits per heavy atom. The standard InChI is InChI=1S/C22H25NO4.C12H14NO3.C10H12O.CH4/c1-23-11-10-16-12-19-21(27-14-26-19)22(25-2)20(16)18(23)13-17(24)9-8-15-6-4-3-5-7-15;1-13-4-3-8-5-10-12(16-7-15-10)11(14-2)9(8)6-13;1-9(11)7-8-10-5-3-2-4-6-10;/h3-7,12,18H,8-11,13-14H2,1-2H3;5-6H,3-4,7H2,1-2H3;2-6H,7-8H2,1H3;1H4/q;+1;;. The maximum Gasteiger partial charge on any atom is 0.231 e. The highest BCUT2D eigenvalue weighted by Crippen LogP contribution is 2.50. The summed E-state index contributed by atoms with van der Waals surface area (Å²) in [6, 6.07) is 24.3. The van der Waals surface area contributed by atoms with Crippen LogP contribution in [0.2, 0.25) is 0 Å². The summed E-state index contributed by atoms with van der Waals surface area (Å²) < 4.78 is 35.3. The summed E-state index contributed by atoms with van der Waals surface area (Å²) in [5.74, 6) is 4.96. The Hall–Kier alpha value is -5.35. The number of hydrogen-bond acceptors (Lipinski definition) is 9. The predicted octanol–water partition coefficient (Wildman–Crippen LogP) is 7.43. The lowest BCUT2D eigenvalue weighted by atomic mass is 9.87.